The molecule has 0 aliphatic carbocycles. The summed E-state index contributed by atoms with van der Waals surface area (Å²) in [5, 5.41) is 11.1. The molecule has 2 rings (SSSR count). The van der Waals surface area contributed by atoms with Gasteiger partial charge in [-0.15, -0.1) is 0 Å². The minimum absolute atomic E-state index is 0.166. The maximum absolute atomic E-state index is 11.1. The Kier molecular flexibility index (Phi) is 2.91. The molecule has 0 spiro atoms. The van der Waals surface area contributed by atoms with E-state index in [1.54, 1.807) is 12.1 Å². The third kappa shape index (κ3) is 2.04. The topological polar surface area (TPSA) is 43.1 Å². The number of nitro benzene ring substituents is 1. The summed E-state index contributed by atoms with van der Waals surface area (Å²) in [6, 6.07) is 12.9. The molecule has 0 aromatic heterocycles. The van der Waals surface area contributed by atoms with Gasteiger partial charge in [-0.05, 0) is 30.5 Å². The summed E-state index contributed by atoms with van der Waals surface area (Å²) in [5.74, 6) is 0. The van der Waals surface area contributed by atoms with E-state index in [0.717, 1.165) is 22.3 Å². The lowest BCUT2D eigenvalue weighted by atomic mass is 9.95. The van der Waals surface area contributed by atoms with Crippen molar-refractivity contribution in [1.82, 2.24) is 0 Å². The number of hydrogen-bond acceptors (Lipinski definition) is 2. The van der Waals surface area contributed by atoms with Crippen LogP contribution in [0, 0.1) is 24.0 Å². The van der Waals surface area contributed by atoms with E-state index < -0.39 is 0 Å². The molecule has 2 aromatic carbocycles. The first-order chi connectivity index (χ1) is 8.11. The Bertz CT molecular complexity index is 576. The van der Waals surface area contributed by atoms with Crippen LogP contribution in [0.3, 0.4) is 0 Å². The van der Waals surface area contributed by atoms with Crippen molar-refractivity contribution >= 4 is 5.69 Å². The Balaban J connectivity index is 2.75. The zero-order valence-electron chi connectivity index (χ0n) is 9.81. The SMILES string of the molecule is Cc1ccccc1-c1c(C)cccc1[N+](=O)[O-]. The van der Waals surface area contributed by atoms with Gasteiger partial charge in [-0.3, -0.25) is 10.1 Å². The van der Waals surface area contributed by atoms with E-state index in [2.05, 4.69) is 0 Å². The first-order valence-corrected chi connectivity index (χ1v) is 5.41. The van der Waals surface area contributed by atoms with Gasteiger partial charge in [0.2, 0.25) is 0 Å². The van der Waals surface area contributed by atoms with Crippen molar-refractivity contribution in [2.24, 2.45) is 0 Å². The summed E-state index contributed by atoms with van der Waals surface area (Å²) in [6.45, 7) is 3.86. The molecule has 0 amide bonds. The van der Waals surface area contributed by atoms with Crippen LogP contribution < -0.4 is 0 Å². The minimum atomic E-state index is -0.325. The normalized spacial score (nSPS) is 10.2. The molecular formula is C14H13NO2. The molecule has 0 unspecified atom stereocenters. The van der Waals surface area contributed by atoms with Crippen LogP contribution >= 0.6 is 0 Å². The molecule has 0 aliphatic heterocycles. The van der Waals surface area contributed by atoms with Gasteiger partial charge in [0.1, 0.15) is 0 Å². The van der Waals surface area contributed by atoms with Crippen molar-refractivity contribution in [3.05, 3.63) is 63.7 Å². The number of nitrogens with zero attached hydrogens (tertiary/aromatic N) is 1. The van der Waals surface area contributed by atoms with E-state index in [9.17, 15) is 10.1 Å². The van der Waals surface area contributed by atoms with Crippen molar-refractivity contribution in [2.75, 3.05) is 0 Å². The van der Waals surface area contributed by atoms with Gasteiger partial charge < -0.3 is 0 Å². The van der Waals surface area contributed by atoms with Crippen LogP contribution in [0.4, 0.5) is 5.69 Å². The summed E-state index contributed by atoms with van der Waals surface area (Å²) in [5.41, 5.74) is 3.78. The predicted octanol–water partition coefficient (Wildman–Crippen LogP) is 3.88. The van der Waals surface area contributed by atoms with E-state index in [4.69, 9.17) is 0 Å². The molecule has 0 atom stereocenters. The van der Waals surface area contributed by atoms with Gasteiger partial charge in [0.05, 0.1) is 10.5 Å². The lowest BCUT2D eigenvalue weighted by Crippen LogP contribution is -1.95. The monoisotopic (exact) mass is 227 g/mol. The number of rotatable bonds is 2. The van der Waals surface area contributed by atoms with Gasteiger partial charge in [-0.2, -0.15) is 0 Å². The molecule has 0 saturated carbocycles. The number of nitro groups is 1. The van der Waals surface area contributed by atoms with Crippen LogP contribution in [0.5, 0.6) is 0 Å². The predicted molar refractivity (Wildman–Crippen MR) is 68.0 cm³/mol. The molecular weight excluding hydrogens is 214 g/mol. The van der Waals surface area contributed by atoms with Crippen LogP contribution in [0.1, 0.15) is 11.1 Å². The second kappa shape index (κ2) is 4.37. The summed E-state index contributed by atoms with van der Waals surface area (Å²) in [4.78, 5) is 10.7. The Morgan fingerprint density at radius 1 is 0.941 bits per heavy atom. The Hall–Kier alpha value is -2.16. The summed E-state index contributed by atoms with van der Waals surface area (Å²) in [6.07, 6.45) is 0. The molecule has 17 heavy (non-hydrogen) atoms. The average Bonchev–Trinajstić information content (AvgIpc) is 2.30. The molecule has 86 valence electrons. The number of hydrogen-bond donors (Lipinski definition) is 0. The van der Waals surface area contributed by atoms with E-state index in [-0.39, 0.29) is 10.6 Å². The molecule has 0 radical (unpaired) electrons. The summed E-state index contributed by atoms with van der Waals surface area (Å²) >= 11 is 0. The largest absolute Gasteiger partial charge is 0.277 e. The summed E-state index contributed by atoms with van der Waals surface area (Å²) < 4.78 is 0. The van der Waals surface area contributed by atoms with E-state index >= 15 is 0 Å². The highest BCUT2D eigenvalue weighted by atomic mass is 16.6. The highest BCUT2D eigenvalue weighted by Gasteiger charge is 2.17. The highest BCUT2D eigenvalue weighted by molar-refractivity contribution is 5.78. The van der Waals surface area contributed by atoms with Crippen LogP contribution in [-0.4, -0.2) is 4.92 Å². The van der Waals surface area contributed by atoms with Crippen LogP contribution in [0.15, 0.2) is 42.5 Å². The fraction of sp³-hybridized carbons (Fsp3) is 0.143. The van der Waals surface area contributed by atoms with E-state index in [1.807, 2.05) is 44.2 Å². The third-order valence-corrected chi connectivity index (χ3v) is 2.86. The second-order valence-corrected chi connectivity index (χ2v) is 4.04. The molecule has 0 fully saturated rings. The maximum atomic E-state index is 11.1. The molecule has 0 bridgehead atoms. The van der Waals surface area contributed by atoms with Gasteiger partial charge >= 0.3 is 0 Å². The second-order valence-electron chi connectivity index (χ2n) is 4.04. The van der Waals surface area contributed by atoms with Gasteiger partial charge in [0, 0.05) is 6.07 Å². The lowest BCUT2D eigenvalue weighted by molar-refractivity contribution is -0.384. The maximum Gasteiger partial charge on any atom is 0.277 e. The molecule has 0 heterocycles. The van der Waals surface area contributed by atoms with Gasteiger partial charge in [-0.1, -0.05) is 36.4 Å². The fourth-order valence-electron chi connectivity index (χ4n) is 2.01. The number of aryl methyl sites for hydroxylation is 2. The Morgan fingerprint density at radius 3 is 2.24 bits per heavy atom. The van der Waals surface area contributed by atoms with Crippen molar-refractivity contribution in [3.63, 3.8) is 0 Å². The van der Waals surface area contributed by atoms with E-state index in [1.165, 1.54) is 0 Å². The highest BCUT2D eigenvalue weighted by Crippen LogP contribution is 2.34. The molecule has 2 aromatic rings. The first-order valence-electron chi connectivity index (χ1n) is 5.41. The quantitative estimate of drug-likeness (QED) is 0.577. The minimum Gasteiger partial charge on any atom is -0.258 e. The van der Waals surface area contributed by atoms with Gasteiger partial charge in [-0.25, -0.2) is 0 Å². The molecule has 0 saturated heterocycles. The molecule has 0 N–H and O–H groups in total. The van der Waals surface area contributed by atoms with E-state index in [0.29, 0.717) is 0 Å². The Labute approximate surface area is 99.9 Å². The lowest BCUT2D eigenvalue weighted by Gasteiger charge is -2.09. The standard InChI is InChI=1S/C14H13NO2/c1-10-6-3-4-8-12(10)14-11(2)7-5-9-13(14)15(16)17/h3-9H,1-2H3. The zero-order valence-corrected chi connectivity index (χ0v) is 9.81. The van der Waals surface area contributed by atoms with Crippen molar-refractivity contribution in [1.29, 1.82) is 0 Å². The molecule has 3 heteroatoms. The van der Waals surface area contributed by atoms with Crippen LogP contribution in [0.2, 0.25) is 0 Å². The van der Waals surface area contributed by atoms with Crippen LogP contribution in [-0.2, 0) is 0 Å². The third-order valence-electron chi connectivity index (χ3n) is 2.86. The van der Waals surface area contributed by atoms with Gasteiger partial charge in [0.25, 0.3) is 5.69 Å². The Morgan fingerprint density at radius 2 is 1.59 bits per heavy atom. The average molecular weight is 227 g/mol. The smallest absolute Gasteiger partial charge is 0.258 e. The fourth-order valence-corrected chi connectivity index (χ4v) is 2.01. The van der Waals surface area contributed by atoms with Crippen molar-refractivity contribution in [3.8, 4) is 11.1 Å². The first kappa shape index (κ1) is 11.3. The summed E-state index contributed by atoms with van der Waals surface area (Å²) in [7, 11) is 0. The van der Waals surface area contributed by atoms with Crippen molar-refractivity contribution < 1.29 is 4.92 Å². The zero-order chi connectivity index (χ0) is 12.4. The molecule has 0 aliphatic rings. The van der Waals surface area contributed by atoms with Gasteiger partial charge in [0.15, 0.2) is 0 Å². The number of benzene rings is 2. The van der Waals surface area contributed by atoms with Crippen molar-refractivity contribution in [2.45, 2.75) is 13.8 Å². The van der Waals surface area contributed by atoms with Crippen LogP contribution in [0.25, 0.3) is 11.1 Å². The molecule has 3 nitrogen and oxygen atoms in total.